The van der Waals surface area contributed by atoms with Crippen molar-refractivity contribution >= 4 is 28.6 Å². The zero-order valence-electron chi connectivity index (χ0n) is 11.9. The van der Waals surface area contributed by atoms with E-state index in [1.807, 2.05) is 27.7 Å². The second-order valence-electron chi connectivity index (χ2n) is 4.74. The van der Waals surface area contributed by atoms with E-state index in [2.05, 4.69) is 15.3 Å². The number of amides is 1. The van der Waals surface area contributed by atoms with Gasteiger partial charge in [-0.25, -0.2) is 9.97 Å². The fourth-order valence-corrected chi connectivity index (χ4v) is 3.57. The fourth-order valence-electron chi connectivity index (χ4n) is 1.89. The van der Waals surface area contributed by atoms with Gasteiger partial charge in [0.2, 0.25) is 0 Å². The lowest BCUT2D eigenvalue weighted by molar-refractivity contribution is 0.0936. The third kappa shape index (κ3) is 3.23. The molecule has 2 aromatic rings. The van der Waals surface area contributed by atoms with Crippen LogP contribution >= 0.6 is 22.7 Å². The summed E-state index contributed by atoms with van der Waals surface area (Å²) in [6.45, 7) is 7.73. The second kappa shape index (κ2) is 5.99. The van der Waals surface area contributed by atoms with Crippen molar-refractivity contribution in [3.63, 3.8) is 0 Å². The molecular weight excluding hydrogens is 292 g/mol. The van der Waals surface area contributed by atoms with E-state index in [9.17, 15) is 4.79 Å². The van der Waals surface area contributed by atoms with Crippen LogP contribution in [0.4, 0.5) is 0 Å². The Morgan fingerprint density at radius 2 is 2.05 bits per heavy atom. The number of nitrogens with zero attached hydrogens (tertiary/aromatic N) is 2. The molecule has 0 bridgehead atoms. The van der Waals surface area contributed by atoms with E-state index in [0.29, 0.717) is 5.69 Å². The molecule has 2 aromatic heterocycles. The van der Waals surface area contributed by atoms with Crippen LogP contribution in [0.1, 0.15) is 57.0 Å². The largest absolute Gasteiger partial charge is 0.343 e. The van der Waals surface area contributed by atoms with Gasteiger partial charge in [0.05, 0.1) is 22.8 Å². The van der Waals surface area contributed by atoms with Gasteiger partial charge in [0.1, 0.15) is 10.7 Å². The van der Waals surface area contributed by atoms with Crippen molar-refractivity contribution in [1.82, 2.24) is 15.3 Å². The molecule has 2 unspecified atom stereocenters. The van der Waals surface area contributed by atoms with Crippen molar-refractivity contribution in [2.75, 3.05) is 0 Å². The Balaban J connectivity index is 2.08. The minimum Gasteiger partial charge on any atom is -0.343 e. The molecule has 0 radical (unpaired) electrons. The summed E-state index contributed by atoms with van der Waals surface area (Å²) in [5.74, 6) is -0.175. The first kappa shape index (κ1) is 15.1. The summed E-state index contributed by atoms with van der Waals surface area (Å²) in [5.41, 5.74) is 7.14. The van der Waals surface area contributed by atoms with Crippen molar-refractivity contribution in [1.29, 1.82) is 0 Å². The van der Waals surface area contributed by atoms with Gasteiger partial charge in [-0.1, -0.05) is 0 Å². The number of aryl methyl sites for hydroxylation is 2. The lowest BCUT2D eigenvalue weighted by Crippen LogP contribution is -2.27. The molecule has 0 saturated heterocycles. The molecular formula is C13H18N4OS2. The quantitative estimate of drug-likeness (QED) is 0.910. The predicted molar refractivity (Wildman–Crippen MR) is 82.2 cm³/mol. The average molecular weight is 310 g/mol. The Labute approximate surface area is 126 Å². The third-order valence-corrected chi connectivity index (χ3v) is 5.13. The van der Waals surface area contributed by atoms with Gasteiger partial charge in [0.25, 0.3) is 5.91 Å². The summed E-state index contributed by atoms with van der Waals surface area (Å²) in [6, 6.07) is -0.223. The number of nitrogens with two attached hydrogens (primary N) is 1. The van der Waals surface area contributed by atoms with Gasteiger partial charge in [0.15, 0.2) is 0 Å². The molecule has 7 heteroatoms. The van der Waals surface area contributed by atoms with E-state index in [-0.39, 0.29) is 18.0 Å². The molecule has 108 valence electrons. The van der Waals surface area contributed by atoms with E-state index in [1.165, 1.54) is 11.3 Å². The van der Waals surface area contributed by atoms with Gasteiger partial charge in [-0.05, 0) is 27.7 Å². The number of rotatable bonds is 4. The van der Waals surface area contributed by atoms with Crippen LogP contribution in [0.3, 0.4) is 0 Å². The summed E-state index contributed by atoms with van der Waals surface area (Å²) < 4.78 is 0. The molecule has 5 nitrogen and oxygen atoms in total. The first-order valence-corrected chi connectivity index (χ1v) is 8.04. The number of nitrogens with one attached hydrogen (secondary N) is 1. The standard InChI is InChI=1S/C13H18N4OS2/c1-6(14)13-17-10(5-19-13)12(18)16-8(3)11-7(2)15-9(4)20-11/h5-6,8H,14H2,1-4H3,(H,16,18). The normalized spacial score (nSPS) is 14.1. The molecule has 2 rings (SSSR count). The highest BCUT2D eigenvalue weighted by Gasteiger charge is 2.18. The second-order valence-corrected chi connectivity index (χ2v) is 6.86. The number of carbonyl (C=O) groups excluding carboxylic acids is 1. The molecule has 20 heavy (non-hydrogen) atoms. The number of carbonyl (C=O) groups is 1. The summed E-state index contributed by atoms with van der Waals surface area (Å²) in [7, 11) is 0. The van der Waals surface area contributed by atoms with Crippen LogP contribution in [0.15, 0.2) is 5.38 Å². The highest BCUT2D eigenvalue weighted by Crippen LogP contribution is 2.25. The number of thiazole rings is 2. The molecule has 0 saturated carbocycles. The van der Waals surface area contributed by atoms with Gasteiger partial charge in [-0.3, -0.25) is 4.79 Å². The summed E-state index contributed by atoms with van der Waals surface area (Å²) in [6.07, 6.45) is 0. The molecule has 0 fully saturated rings. The van der Waals surface area contributed by atoms with Crippen molar-refractivity contribution in [2.24, 2.45) is 5.73 Å². The predicted octanol–water partition coefficient (Wildman–Crippen LogP) is 2.73. The molecule has 0 aliphatic rings. The molecule has 1 amide bonds. The Hall–Kier alpha value is -1.31. The smallest absolute Gasteiger partial charge is 0.271 e. The number of hydrogen-bond acceptors (Lipinski definition) is 6. The Morgan fingerprint density at radius 3 is 2.55 bits per heavy atom. The van der Waals surface area contributed by atoms with Crippen molar-refractivity contribution in [2.45, 2.75) is 39.8 Å². The van der Waals surface area contributed by atoms with Crippen LogP contribution < -0.4 is 11.1 Å². The van der Waals surface area contributed by atoms with Crippen LogP contribution in [-0.4, -0.2) is 15.9 Å². The monoisotopic (exact) mass is 310 g/mol. The minimum absolute atomic E-state index is 0.0749. The molecule has 2 atom stereocenters. The Kier molecular flexibility index (Phi) is 4.52. The van der Waals surface area contributed by atoms with Gasteiger partial charge in [-0.2, -0.15) is 0 Å². The van der Waals surface area contributed by atoms with E-state index in [1.54, 1.807) is 16.7 Å². The highest BCUT2D eigenvalue weighted by atomic mass is 32.1. The Bertz CT molecular complexity index is 618. The molecule has 0 spiro atoms. The number of aromatic nitrogens is 2. The van der Waals surface area contributed by atoms with E-state index in [4.69, 9.17) is 5.73 Å². The van der Waals surface area contributed by atoms with Crippen LogP contribution in [0.25, 0.3) is 0 Å². The van der Waals surface area contributed by atoms with Crippen LogP contribution in [0, 0.1) is 13.8 Å². The Morgan fingerprint density at radius 1 is 1.35 bits per heavy atom. The van der Waals surface area contributed by atoms with Gasteiger partial charge < -0.3 is 11.1 Å². The van der Waals surface area contributed by atoms with Crippen LogP contribution in [0.2, 0.25) is 0 Å². The van der Waals surface area contributed by atoms with Crippen molar-refractivity contribution in [3.05, 3.63) is 31.7 Å². The summed E-state index contributed by atoms with van der Waals surface area (Å²) in [4.78, 5) is 21.9. The zero-order valence-corrected chi connectivity index (χ0v) is 13.6. The van der Waals surface area contributed by atoms with Crippen molar-refractivity contribution < 1.29 is 4.79 Å². The highest BCUT2D eigenvalue weighted by molar-refractivity contribution is 7.11. The lowest BCUT2D eigenvalue weighted by Gasteiger charge is -2.11. The molecule has 3 N–H and O–H groups in total. The summed E-state index contributed by atoms with van der Waals surface area (Å²) in [5, 5.41) is 6.47. The first-order valence-electron chi connectivity index (χ1n) is 6.34. The SMILES string of the molecule is Cc1nc(C)c(C(C)NC(=O)c2csc(C(C)N)n2)s1. The maximum atomic E-state index is 12.2. The van der Waals surface area contributed by atoms with E-state index >= 15 is 0 Å². The first-order chi connectivity index (χ1) is 9.38. The van der Waals surface area contributed by atoms with Gasteiger partial charge in [0, 0.05) is 10.3 Å². The topological polar surface area (TPSA) is 80.9 Å². The molecule has 2 heterocycles. The van der Waals surface area contributed by atoms with E-state index < -0.39 is 0 Å². The average Bonchev–Trinajstić information content (AvgIpc) is 2.95. The minimum atomic E-state index is -0.175. The lowest BCUT2D eigenvalue weighted by atomic mass is 10.2. The molecule has 0 aromatic carbocycles. The summed E-state index contributed by atoms with van der Waals surface area (Å²) >= 11 is 3.02. The maximum Gasteiger partial charge on any atom is 0.271 e. The van der Waals surface area contributed by atoms with Gasteiger partial charge in [-0.15, -0.1) is 22.7 Å². The van der Waals surface area contributed by atoms with Crippen molar-refractivity contribution in [3.8, 4) is 0 Å². The maximum absolute atomic E-state index is 12.2. The molecule has 0 aliphatic heterocycles. The van der Waals surface area contributed by atoms with E-state index in [0.717, 1.165) is 20.6 Å². The third-order valence-electron chi connectivity index (χ3n) is 2.82. The molecule has 0 aliphatic carbocycles. The zero-order chi connectivity index (χ0) is 14.9. The number of hydrogen-bond donors (Lipinski definition) is 2. The van der Waals surface area contributed by atoms with Crippen LogP contribution in [-0.2, 0) is 0 Å². The van der Waals surface area contributed by atoms with Gasteiger partial charge >= 0.3 is 0 Å². The fraction of sp³-hybridized carbons (Fsp3) is 0.462. The van der Waals surface area contributed by atoms with Crippen LogP contribution in [0.5, 0.6) is 0 Å².